The van der Waals surface area contributed by atoms with Gasteiger partial charge in [0.05, 0.1) is 10.5 Å². The van der Waals surface area contributed by atoms with E-state index in [4.69, 9.17) is 4.74 Å². The molecule has 0 aromatic heterocycles. The van der Waals surface area contributed by atoms with Crippen LogP contribution in [0.1, 0.15) is 29.8 Å². The molecule has 2 aromatic carbocycles. The van der Waals surface area contributed by atoms with Crippen LogP contribution in [0, 0.1) is 12.7 Å². The first-order valence-electron chi connectivity index (χ1n) is 9.02. The molecule has 2 rings (SSSR count). The summed E-state index contributed by atoms with van der Waals surface area (Å²) in [6, 6.07) is 9.93. The number of aryl methyl sites for hydroxylation is 1. The van der Waals surface area contributed by atoms with Crippen molar-refractivity contribution in [2.24, 2.45) is 0 Å². The molecule has 0 aliphatic heterocycles. The molecular formula is C20H23FN2O5S. The van der Waals surface area contributed by atoms with Crippen molar-refractivity contribution in [1.29, 1.82) is 0 Å². The SMILES string of the molecule is CCN(CC)S(=O)(=O)c1ccc(F)c(C(=O)OCC(=O)Nc2cccc(C)c2)c1. The number of esters is 1. The van der Waals surface area contributed by atoms with E-state index in [1.54, 1.807) is 32.0 Å². The Bertz CT molecular complexity index is 1000. The van der Waals surface area contributed by atoms with Gasteiger partial charge in [-0.05, 0) is 42.8 Å². The lowest BCUT2D eigenvalue weighted by molar-refractivity contribution is -0.119. The quantitative estimate of drug-likeness (QED) is 0.661. The molecule has 0 aliphatic carbocycles. The molecule has 156 valence electrons. The number of ether oxygens (including phenoxy) is 1. The van der Waals surface area contributed by atoms with Gasteiger partial charge in [-0.1, -0.05) is 26.0 Å². The Morgan fingerprint density at radius 1 is 1.10 bits per heavy atom. The summed E-state index contributed by atoms with van der Waals surface area (Å²) in [7, 11) is -3.87. The fourth-order valence-electron chi connectivity index (χ4n) is 2.66. The summed E-state index contributed by atoms with van der Waals surface area (Å²) < 4.78 is 45.2. The maximum atomic E-state index is 14.1. The molecule has 9 heteroatoms. The van der Waals surface area contributed by atoms with Gasteiger partial charge in [-0.15, -0.1) is 0 Å². The first-order valence-corrected chi connectivity index (χ1v) is 10.5. The van der Waals surface area contributed by atoms with Crippen molar-refractivity contribution in [3.63, 3.8) is 0 Å². The minimum Gasteiger partial charge on any atom is -0.452 e. The second kappa shape index (κ2) is 9.62. The van der Waals surface area contributed by atoms with E-state index in [9.17, 15) is 22.4 Å². The highest BCUT2D eigenvalue weighted by Crippen LogP contribution is 2.20. The summed E-state index contributed by atoms with van der Waals surface area (Å²) in [5.74, 6) is -2.66. The summed E-state index contributed by atoms with van der Waals surface area (Å²) in [6.07, 6.45) is 0. The lowest BCUT2D eigenvalue weighted by Crippen LogP contribution is -2.30. The second-order valence-electron chi connectivity index (χ2n) is 6.22. The molecule has 0 bridgehead atoms. The smallest absolute Gasteiger partial charge is 0.341 e. The number of amides is 1. The van der Waals surface area contributed by atoms with Crippen LogP contribution in [0.3, 0.4) is 0 Å². The van der Waals surface area contributed by atoms with Crippen molar-refractivity contribution < 1.29 is 27.1 Å². The Balaban J connectivity index is 2.11. The van der Waals surface area contributed by atoms with Gasteiger partial charge in [-0.2, -0.15) is 4.31 Å². The standard InChI is InChI=1S/C20H23FN2O5S/c1-4-23(5-2)29(26,27)16-9-10-18(21)17(12-16)20(25)28-13-19(24)22-15-8-6-7-14(3)11-15/h6-12H,4-5,13H2,1-3H3,(H,22,24). The van der Waals surface area contributed by atoms with Crippen LogP contribution >= 0.6 is 0 Å². The van der Waals surface area contributed by atoms with E-state index in [1.807, 2.05) is 13.0 Å². The fraction of sp³-hybridized carbons (Fsp3) is 0.300. The molecule has 0 radical (unpaired) electrons. The molecule has 0 heterocycles. The zero-order chi connectivity index (χ0) is 21.6. The highest BCUT2D eigenvalue weighted by molar-refractivity contribution is 7.89. The van der Waals surface area contributed by atoms with Crippen molar-refractivity contribution in [2.45, 2.75) is 25.7 Å². The molecule has 0 fully saturated rings. The average Bonchev–Trinajstić information content (AvgIpc) is 2.67. The van der Waals surface area contributed by atoms with Crippen LogP contribution in [0.15, 0.2) is 47.4 Å². The summed E-state index contributed by atoms with van der Waals surface area (Å²) in [4.78, 5) is 23.9. The van der Waals surface area contributed by atoms with Crippen molar-refractivity contribution in [2.75, 3.05) is 25.0 Å². The molecule has 7 nitrogen and oxygen atoms in total. The largest absolute Gasteiger partial charge is 0.452 e. The number of hydrogen-bond acceptors (Lipinski definition) is 5. The number of anilines is 1. The predicted octanol–water partition coefficient (Wildman–Crippen LogP) is 2.96. The Hall–Kier alpha value is -2.78. The average molecular weight is 422 g/mol. The van der Waals surface area contributed by atoms with Crippen LogP contribution < -0.4 is 5.32 Å². The van der Waals surface area contributed by atoms with Crippen LogP contribution in [0.25, 0.3) is 0 Å². The van der Waals surface area contributed by atoms with E-state index in [-0.39, 0.29) is 18.0 Å². The van der Waals surface area contributed by atoms with Gasteiger partial charge in [0.2, 0.25) is 10.0 Å². The molecular weight excluding hydrogens is 399 g/mol. The van der Waals surface area contributed by atoms with Crippen molar-refractivity contribution >= 4 is 27.6 Å². The molecule has 2 aromatic rings. The first-order chi connectivity index (χ1) is 13.7. The molecule has 29 heavy (non-hydrogen) atoms. The summed E-state index contributed by atoms with van der Waals surface area (Å²) in [5, 5.41) is 2.56. The van der Waals surface area contributed by atoms with Crippen molar-refractivity contribution in [1.82, 2.24) is 4.31 Å². The lowest BCUT2D eigenvalue weighted by Gasteiger charge is -2.18. The molecule has 1 amide bonds. The third-order valence-electron chi connectivity index (χ3n) is 4.14. The number of sulfonamides is 1. The summed E-state index contributed by atoms with van der Waals surface area (Å²) >= 11 is 0. The third kappa shape index (κ3) is 5.61. The van der Waals surface area contributed by atoms with Gasteiger partial charge in [-0.25, -0.2) is 17.6 Å². The highest BCUT2D eigenvalue weighted by Gasteiger charge is 2.25. The third-order valence-corrected chi connectivity index (χ3v) is 6.18. The highest BCUT2D eigenvalue weighted by atomic mass is 32.2. The summed E-state index contributed by atoms with van der Waals surface area (Å²) in [6.45, 7) is 5.03. The number of benzene rings is 2. The van der Waals surface area contributed by atoms with E-state index in [0.717, 1.165) is 23.8 Å². The predicted molar refractivity (Wildman–Crippen MR) is 107 cm³/mol. The van der Waals surface area contributed by atoms with Gasteiger partial charge in [-0.3, -0.25) is 4.79 Å². The minimum absolute atomic E-state index is 0.223. The van der Waals surface area contributed by atoms with E-state index in [1.165, 1.54) is 4.31 Å². The van der Waals surface area contributed by atoms with E-state index in [0.29, 0.717) is 5.69 Å². The molecule has 0 saturated heterocycles. The number of rotatable bonds is 8. The number of nitrogens with zero attached hydrogens (tertiary/aromatic N) is 1. The number of nitrogens with one attached hydrogen (secondary N) is 1. The van der Waals surface area contributed by atoms with Gasteiger partial charge in [0.25, 0.3) is 5.91 Å². The molecule has 0 atom stereocenters. The van der Waals surface area contributed by atoms with E-state index < -0.39 is 39.9 Å². The van der Waals surface area contributed by atoms with Crippen LogP contribution in [-0.4, -0.2) is 44.3 Å². The van der Waals surface area contributed by atoms with Gasteiger partial charge in [0.15, 0.2) is 6.61 Å². The Labute approximate surface area is 169 Å². The zero-order valence-corrected chi connectivity index (χ0v) is 17.3. The number of halogens is 1. The number of carbonyl (C=O) groups is 2. The zero-order valence-electron chi connectivity index (χ0n) is 16.4. The Morgan fingerprint density at radius 3 is 2.41 bits per heavy atom. The Morgan fingerprint density at radius 2 is 1.79 bits per heavy atom. The van der Waals surface area contributed by atoms with Crippen LogP contribution in [0.4, 0.5) is 10.1 Å². The molecule has 0 unspecified atom stereocenters. The van der Waals surface area contributed by atoms with Crippen LogP contribution in [0.5, 0.6) is 0 Å². The fourth-order valence-corrected chi connectivity index (χ4v) is 4.15. The molecule has 0 spiro atoms. The van der Waals surface area contributed by atoms with E-state index in [2.05, 4.69) is 5.32 Å². The lowest BCUT2D eigenvalue weighted by atomic mass is 10.2. The second-order valence-corrected chi connectivity index (χ2v) is 8.16. The summed E-state index contributed by atoms with van der Waals surface area (Å²) in [5.41, 5.74) is 0.916. The van der Waals surface area contributed by atoms with Gasteiger partial charge in [0.1, 0.15) is 5.82 Å². The topological polar surface area (TPSA) is 92.8 Å². The normalized spacial score (nSPS) is 11.3. The van der Waals surface area contributed by atoms with Crippen molar-refractivity contribution in [3.05, 3.63) is 59.4 Å². The molecule has 1 N–H and O–H groups in total. The van der Waals surface area contributed by atoms with Crippen molar-refractivity contribution in [3.8, 4) is 0 Å². The van der Waals surface area contributed by atoms with Crippen LogP contribution in [-0.2, 0) is 19.6 Å². The molecule has 0 aliphatic rings. The minimum atomic E-state index is -3.87. The van der Waals surface area contributed by atoms with Gasteiger partial charge >= 0.3 is 5.97 Å². The van der Waals surface area contributed by atoms with Crippen LogP contribution in [0.2, 0.25) is 0 Å². The number of carbonyl (C=O) groups excluding carboxylic acids is 2. The monoisotopic (exact) mass is 422 g/mol. The van der Waals surface area contributed by atoms with E-state index >= 15 is 0 Å². The maximum absolute atomic E-state index is 14.1. The molecule has 0 saturated carbocycles. The van der Waals surface area contributed by atoms with Gasteiger partial charge < -0.3 is 10.1 Å². The Kier molecular flexibility index (Phi) is 7.46. The van der Waals surface area contributed by atoms with Gasteiger partial charge in [0, 0.05) is 18.8 Å². The number of hydrogen-bond donors (Lipinski definition) is 1. The maximum Gasteiger partial charge on any atom is 0.341 e. The first kappa shape index (κ1) is 22.5.